The van der Waals surface area contributed by atoms with Crippen molar-refractivity contribution >= 4 is 28.8 Å². The van der Waals surface area contributed by atoms with Crippen molar-refractivity contribution in [1.82, 2.24) is 9.80 Å². The fraction of sp³-hybridized carbons (Fsp3) is 0.426. The molecule has 1 amide bonds. The lowest BCUT2D eigenvalue weighted by Crippen LogP contribution is -2.51. The van der Waals surface area contributed by atoms with Gasteiger partial charge in [-0.05, 0) is 114 Å². The van der Waals surface area contributed by atoms with E-state index in [4.69, 9.17) is 0 Å². The lowest BCUT2D eigenvalue weighted by Gasteiger charge is -2.45. The van der Waals surface area contributed by atoms with Gasteiger partial charge < -0.3 is 19.8 Å². The summed E-state index contributed by atoms with van der Waals surface area (Å²) in [6.07, 6.45) is 5.14. The molecule has 1 unspecified atom stereocenters. The first-order chi connectivity index (χ1) is 26.7. The van der Waals surface area contributed by atoms with Crippen LogP contribution in [0.3, 0.4) is 0 Å². The first-order valence-corrected chi connectivity index (χ1v) is 20.4. The minimum Gasteiger partial charge on any atom is -0.508 e. The third-order valence-corrected chi connectivity index (χ3v) is 13.5. The Hall–Kier alpha value is -4.95. The average molecular weight is 737 g/mol. The summed E-state index contributed by atoms with van der Waals surface area (Å²) in [5.74, 6) is 0.793. The second-order valence-electron chi connectivity index (χ2n) is 17.1. The second-order valence-corrected chi connectivity index (χ2v) is 17.1. The molecular weight excluding hydrogens is 685 g/mol. The fourth-order valence-electron chi connectivity index (χ4n) is 10.3. The van der Waals surface area contributed by atoms with Gasteiger partial charge in [0.1, 0.15) is 11.5 Å². The van der Waals surface area contributed by atoms with Crippen LogP contribution in [0.2, 0.25) is 0 Å². The molecule has 9 rings (SSSR count). The number of hydrogen-bond donors (Lipinski definition) is 1. The molecule has 2 aliphatic carbocycles. The third kappa shape index (κ3) is 7.06. The Kier molecular flexibility index (Phi) is 9.49. The summed E-state index contributed by atoms with van der Waals surface area (Å²) >= 11 is 0. The molecule has 3 heterocycles. The maximum Gasteiger partial charge on any atom is 0.255 e. The first kappa shape index (κ1) is 35.7. The van der Waals surface area contributed by atoms with E-state index in [0.29, 0.717) is 36.6 Å². The fourth-order valence-corrected chi connectivity index (χ4v) is 10.3. The molecular formula is C47H52N4O4. The molecule has 3 fully saturated rings. The molecule has 8 nitrogen and oxygen atoms in total. The zero-order valence-electron chi connectivity index (χ0n) is 32.0. The molecule has 8 heteroatoms. The van der Waals surface area contributed by atoms with Gasteiger partial charge in [-0.3, -0.25) is 19.3 Å². The number of phenolic OH excluding ortho intramolecular Hbond substituents is 1. The molecule has 3 atom stereocenters. The van der Waals surface area contributed by atoms with E-state index < -0.39 is 6.04 Å². The number of rotatable bonds is 7. The van der Waals surface area contributed by atoms with Crippen molar-refractivity contribution in [2.45, 2.75) is 76.3 Å². The summed E-state index contributed by atoms with van der Waals surface area (Å²) in [5, 5.41) is 10.2. The Bertz CT molecular complexity index is 2080. The Morgan fingerprint density at radius 2 is 1.44 bits per heavy atom. The number of aryl methyl sites for hydroxylation is 1. The van der Waals surface area contributed by atoms with Crippen LogP contribution in [0.5, 0.6) is 5.75 Å². The lowest BCUT2D eigenvalue weighted by molar-refractivity contribution is -0.133. The number of anilines is 2. The van der Waals surface area contributed by atoms with E-state index in [0.717, 1.165) is 82.7 Å². The smallest absolute Gasteiger partial charge is 0.255 e. The normalized spacial score (nSPS) is 24.2. The van der Waals surface area contributed by atoms with E-state index in [1.807, 2.05) is 18.2 Å². The quantitative estimate of drug-likeness (QED) is 0.199. The number of amides is 1. The van der Waals surface area contributed by atoms with Crippen LogP contribution >= 0.6 is 0 Å². The molecule has 4 aromatic rings. The highest BCUT2D eigenvalue weighted by Gasteiger charge is 2.40. The molecule has 1 saturated carbocycles. The van der Waals surface area contributed by atoms with Crippen LogP contribution in [0.25, 0.3) is 0 Å². The molecule has 0 bridgehead atoms. The molecule has 284 valence electrons. The van der Waals surface area contributed by atoms with Crippen LogP contribution in [0.15, 0.2) is 91.0 Å². The van der Waals surface area contributed by atoms with E-state index in [1.165, 1.54) is 27.9 Å². The zero-order valence-corrected chi connectivity index (χ0v) is 32.0. The molecule has 2 saturated heterocycles. The molecule has 3 aliphatic heterocycles. The number of Topliss-reactive ketones (excluding diaryl/α,β-unsaturated/α-hetero) is 2. The standard InChI is InChI=1S/C47H52N4O4/c1-47(31-48-23-25-50(26-24-48)37-12-16-42-35(27-37)30-51(46(42)55)43-18-14-39(53)29-44(43)54)19-21-49(22-20-47)36-10-7-33(8-11-36)45-40(32-5-3-2-4-6-32)15-9-34-28-38(52)13-17-41(34)45/h2-8,10-13,16-17,27-28,40,43,45,52H,9,14-15,18-26,29-31H2,1H3/t40-,43?,45+/m1/s1. The lowest BCUT2D eigenvalue weighted by atomic mass is 9.69. The Morgan fingerprint density at radius 1 is 0.709 bits per heavy atom. The number of hydrogen-bond acceptors (Lipinski definition) is 7. The Balaban J connectivity index is 0.796. The highest BCUT2D eigenvalue weighted by Crippen LogP contribution is 2.47. The molecule has 55 heavy (non-hydrogen) atoms. The minimum atomic E-state index is -0.478. The van der Waals surface area contributed by atoms with Crippen LogP contribution in [0.4, 0.5) is 11.4 Å². The van der Waals surface area contributed by atoms with Crippen LogP contribution in [-0.4, -0.2) is 84.2 Å². The van der Waals surface area contributed by atoms with E-state index in [9.17, 15) is 19.5 Å². The van der Waals surface area contributed by atoms with Gasteiger partial charge in [0.2, 0.25) is 0 Å². The van der Waals surface area contributed by atoms with Crippen molar-refractivity contribution in [2.75, 3.05) is 55.6 Å². The predicted molar refractivity (Wildman–Crippen MR) is 216 cm³/mol. The van der Waals surface area contributed by atoms with Gasteiger partial charge in [-0.15, -0.1) is 0 Å². The molecule has 1 N–H and O–H groups in total. The van der Waals surface area contributed by atoms with Gasteiger partial charge in [-0.2, -0.15) is 0 Å². The zero-order chi connectivity index (χ0) is 37.7. The summed E-state index contributed by atoms with van der Waals surface area (Å²) in [7, 11) is 0. The van der Waals surface area contributed by atoms with Crippen molar-refractivity contribution in [3.63, 3.8) is 0 Å². The number of carbonyl (C=O) groups is 3. The summed E-state index contributed by atoms with van der Waals surface area (Å²) in [6, 6.07) is 31.9. The van der Waals surface area contributed by atoms with Crippen molar-refractivity contribution in [3.05, 3.63) is 124 Å². The number of piperidine rings is 1. The molecule has 5 aliphatic rings. The predicted octanol–water partition coefficient (Wildman–Crippen LogP) is 7.33. The third-order valence-electron chi connectivity index (χ3n) is 13.5. The second kappa shape index (κ2) is 14.6. The van der Waals surface area contributed by atoms with Crippen molar-refractivity contribution in [1.29, 1.82) is 0 Å². The summed E-state index contributed by atoms with van der Waals surface area (Å²) in [4.78, 5) is 46.9. The Morgan fingerprint density at radius 3 is 2.18 bits per heavy atom. The number of carbonyl (C=O) groups excluding carboxylic acids is 3. The Labute approximate surface area is 324 Å². The molecule has 4 aromatic carbocycles. The van der Waals surface area contributed by atoms with Gasteiger partial charge in [0, 0.05) is 81.6 Å². The topological polar surface area (TPSA) is 84.4 Å². The molecule has 0 aromatic heterocycles. The van der Waals surface area contributed by atoms with Gasteiger partial charge in [0.05, 0.1) is 12.5 Å². The number of benzene rings is 4. The first-order valence-electron chi connectivity index (χ1n) is 20.4. The van der Waals surface area contributed by atoms with Crippen molar-refractivity contribution < 1.29 is 19.5 Å². The summed E-state index contributed by atoms with van der Waals surface area (Å²) < 4.78 is 0. The minimum absolute atomic E-state index is 0.0176. The van der Waals surface area contributed by atoms with Crippen LogP contribution in [0.1, 0.15) is 95.5 Å². The molecule has 0 radical (unpaired) electrons. The maximum atomic E-state index is 13.2. The van der Waals surface area contributed by atoms with Crippen LogP contribution in [0, 0.1) is 5.41 Å². The summed E-state index contributed by atoms with van der Waals surface area (Å²) in [6.45, 7) is 10.1. The monoisotopic (exact) mass is 736 g/mol. The van der Waals surface area contributed by atoms with Gasteiger partial charge in [0.25, 0.3) is 5.91 Å². The van der Waals surface area contributed by atoms with Gasteiger partial charge >= 0.3 is 0 Å². The number of ketones is 2. The van der Waals surface area contributed by atoms with Gasteiger partial charge in [-0.1, -0.05) is 55.5 Å². The SMILES string of the molecule is CC1(CN2CCN(c3ccc4c(c3)CN(C3CCC(=O)CC3=O)C4=O)CC2)CCN(c2ccc([C@@H]3c4ccc(O)cc4CC[C@@H]3c3ccccc3)cc2)CC1. The highest BCUT2D eigenvalue weighted by atomic mass is 16.3. The number of aromatic hydroxyl groups is 1. The van der Waals surface area contributed by atoms with Gasteiger partial charge in [-0.25, -0.2) is 0 Å². The number of fused-ring (bicyclic) bond motifs is 2. The van der Waals surface area contributed by atoms with E-state index in [2.05, 4.69) is 94.4 Å². The van der Waals surface area contributed by atoms with Gasteiger partial charge in [0.15, 0.2) is 5.78 Å². The summed E-state index contributed by atoms with van der Waals surface area (Å²) in [5.41, 5.74) is 9.73. The number of piperazine rings is 1. The van der Waals surface area contributed by atoms with E-state index in [1.54, 1.807) is 4.90 Å². The van der Waals surface area contributed by atoms with Crippen LogP contribution < -0.4 is 9.80 Å². The molecule has 0 spiro atoms. The highest BCUT2D eigenvalue weighted by molar-refractivity contribution is 6.07. The average Bonchev–Trinajstić information content (AvgIpc) is 3.53. The number of phenols is 1. The van der Waals surface area contributed by atoms with Crippen molar-refractivity contribution in [3.8, 4) is 5.75 Å². The van der Waals surface area contributed by atoms with Crippen molar-refractivity contribution in [2.24, 2.45) is 5.41 Å². The largest absolute Gasteiger partial charge is 0.508 e. The van der Waals surface area contributed by atoms with E-state index in [-0.39, 0.29) is 35.2 Å². The van der Waals surface area contributed by atoms with Crippen LogP contribution in [-0.2, 0) is 22.6 Å². The maximum absolute atomic E-state index is 13.2. The number of nitrogens with zero attached hydrogens (tertiary/aromatic N) is 4. The van der Waals surface area contributed by atoms with E-state index >= 15 is 0 Å².